The highest BCUT2D eigenvalue weighted by molar-refractivity contribution is 6.19. The predicted molar refractivity (Wildman–Crippen MR) is 56.1 cm³/mol. The van der Waals surface area contributed by atoms with E-state index in [1.807, 2.05) is 4.90 Å². The fraction of sp³-hybridized carbons (Fsp3) is 0.857. The highest BCUT2D eigenvalue weighted by Gasteiger charge is 2.06. The summed E-state index contributed by atoms with van der Waals surface area (Å²) in [4.78, 5) is 1.85. The molecule has 0 aliphatic carbocycles. The molecule has 0 aromatic carbocycles. The lowest BCUT2D eigenvalue weighted by atomic mass is 10.3. The smallest absolute Gasteiger partial charge is 0.0970 e. The van der Waals surface area contributed by atoms with E-state index in [0.29, 0.717) is 43.0 Å². The van der Waals surface area contributed by atoms with Crippen LogP contribution in [-0.2, 0) is 0 Å². The number of alkyl halides is 3. The molecule has 0 saturated heterocycles. The van der Waals surface area contributed by atoms with Gasteiger partial charge in [-0.15, -0.1) is 34.8 Å². The van der Waals surface area contributed by atoms with Crippen LogP contribution < -0.4 is 0 Å². The Hall–Kier alpha value is 0.340. The zero-order chi connectivity index (χ0) is 9.40. The monoisotopic (exact) mass is 230 g/mol. The first kappa shape index (κ1) is 12.3. The number of amidine groups is 1. The molecule has 0 unspecified atom stereocenters. The standard InChI is InChI=1S/C7H13Cl3N2/c8-2-1-7(11)12(5-3-9)6-4-10/h11H,1-6H2. The second-order valence-corrected chi connectivity index (χ2v) is 3.38. The van der Waals surface area contributed by atoms with Gasteiger partial charge in [-0.1, -0.05) is 0 Å². The van der Waals surface area contributed by atoms with Gasteiger partial charge in [-0.3, -0.25) is 5.41 Å². The summed E-state index contributed by atoms with van der Waals surface area (Å²) in [7, 11) is 0. The van der Waals surface area contributed by atoms with Crippen LogP contribution in [0.2, 0.25) is 0 Å². The lowest BCUT2D eigenvalue weighted by molar-refractivity contribution is 0.459. The maximum Gasteiger partial charge on any atom is 0.0970 e. The van der Waals surface area contributed by atoms with Gasteiger partial charge in [-0.2, -0.15) is 0 Å². The Labute approximate surface area is 88.3 Å². The number of hydrogen-bond acceptors (Lipinski definition) is 1. The minimum Gasteiger partial charge on any atom is -0.358 e. The van der Waals surface area contributed by atoms with Crippen molar-refractivity contribution in [2.24, 2.45) is 0 Å². The molecule has 2 nitrogen and oxygen atoms in total. The van der Waals surface area contributed by atoms with Crippen LogP contribution in [0, 0.1) is 5.41 Å². The average molecular weight is 232 g/mol. The van der Waals surface area contributed by atoms with Gasteiger partial charge in [0.15, 0.2) is 0 Å². The van der Waals surface area contributed by atoms with Gasteiger partial charge in [0.05, 0.1) is 5.84 Å². The molecule has 0 aliphatic heterocycles. The van der Waals surface area contributed by atoms with Crippen molar-refractivity contribution < 1.29 is 0 Å². The summed E-state index contributed by atoms with van der Waals surface area (Å²) in [5, 5.41) is 7.58. The summed E-state index contributed by atoms with van der Waals surface area (Å²) < 4.78 is 0. The second-order valence-electron chi connectivity index (χ2n) is 2.25. The fourth-order valence-electron chi connectivity index (χ4n) is 0.833. The van der Waals surface area contributed by atoms with Crippen LogP contribution in [0.15, 0.2) is 0 Å². The van der Waals surface area contributed by atoms with Gasteiger partial charge < -0.3 is 4.90 Å². The van der Waals surface area contributed by atoms with Crippen molar-refractivity contribution in [1.29, 1.82) is 5.41 Å². The van der Waals surface area contributed by atoms with Gasteiger partial charge in [0.2, 0.25) is 0 Å². The van der Waals surface area contributed by atoms with Crippen LogP contribution in [0.3, 0.4) is 0 Å². The van der Waals surface area contributed by atoms with Crippen molar-refractivity contribution in [3.8, 4) is 0 Å². The van der Waals surface area contributed by atoms with Crippen molar-refractivity contribution in [1.82, 2.24) is 4.90 Å². The quantitative estimate of drug-likeness (QED) is 0.424. The molecule has 5 heteroatoms. The summed E-state index contributed by atoms with van der Waals surface area (Å²) in [5.41, 5.74) is 0. The predicted octanol–water partition coefficient (Wildman–Crippen LogP) is 2.37. The van der Waals surface area contributed by atoms with Gasteiger partial charge in [-0.05, 0) is 0 Å². The minimum atomic E-state index is 0.472. The second kappa shape index (κ2) is 7.96. The van der Waals surface area contributed by atoms with Crippen LogP contribution in [-0.4, -0.2) is 41.5 Å². The molecule has 0 aliphatic rings. The van der Waals surface area contributed by atoms with Crippen LogP contribution in [0.4, 0.5) is 0 Å². The third kappa shape index (κ3) is 5.07. The topological polar surface area (TPSA) is 27.1 Å². The van der Waals surface area contributed by atoms with Gasteiger partial charge in [0, 0.05) is 37.2 Å². The molecule has 72 valence electrons. The number of nitrogens with zero attached hydrogens (tertiary/aromatic N) is 1. The third-order valence-corrected chi connectivity index (χ3v) is 1.95. The first-order valence-electron chi connectivity index (χ1n) is 3.76. The Morgan fingerprint density at radius 1 is 1.00 bits per heavy atom. The average Bonchev–Trinajstić information content (AvgIpc) is 2.04. The van der Waals surface area contributed by atoms with Crippen LogP contribution in [0.25, 0.3) is 0 Å². The van der Waals surface area contributed by atoms with Crippen LogP contribution in [0.1, 0.15) is 6.42 Å². The Kier molecular flexibility index (Phi) is 8.19. The van der Waals surface area contributed by atoms with E-state index < -0.39 is 0 Å². The zero-order valence-electron chi connectivity index (χ0n) is 6.82. The normalized spacial score (nSPS) is 9.92. The summed E-state index contributed by atoms with van der Waals surface area (Å²) >= 11 is 16.6. The molecule has 0 bridgehead atoms. The Bertz CT molecular complexity index is 124. The fourth-order valence-corrected chi connectivity index (χ4v) is 1.42. The molecule has 0 spiro atoms. The molecule has 12 heavy (non-hydrogen) atoms. The Balaban J connectivity index is 3.81. The van der Waals surface area contributed by atoms with E-state index in [0.717, 1.165) is 0 Å². The molecule has 0 fully saturated rings. The molecule has 1 N–H and O–H groups in total. The zero-order valence-corrected chi connectivity index (χ0v) is 9.09. The Morgan fingerprint density at radius 2 is 1.50 bits per heavy atom. The lowest BCUT2D eigenvalue weighted by Crippen LogP contribution is -2.34. The van der Waals surface area contributed by atoms with E-state index in [-0.39, 0.29) is 0 Å². The van der Waals surface area contributed by atoms with Gasteiger partial charge in [0.25, 0.3) is 0 Å². The largest absolute Gasteiger partial charge is 0.358 e. The molecular weight excluding hydrogens is 218 g/mol. The van der Waals surface area contributed by atoms with E-state index in [9.17, 15) is 0 Å². The van der Waals surface area contributed by atoms with E-state index >= 15 is 0 Å². The number of rotatable bonds is 6. The van der Waals surface area contributed by atoms with E-state index in [1.165, 1.54) is 0 Å². The highest BCUT2D eigenvalue weighted by Crippen LogP contribution is 1.98. The minimum absolute atomic E-state index is 0.472. The lowest BCUT2D eigenvalue weighted by Gasteiger charge is -2.22. The van der Waals surface area contributed by atoms with Crippen LogP contribution >= 0.6 is 34.8 Å². The summed E-state index contributed by atoms with van der Waals surface area (Å²) in [6, 6.07) is 0. The van der Waals surface area contributed by atoms with Gasteiger partial charge >= 0.3 is 0 Å². The molecule has 0 aromatic rings. The molecule has 0 rings (SSSR count). The van der Waals surface area contributed by atoms with Crippen molar-refractivity contribution in [3.63, 3.8) is 0 Å². The molecule has 0 atom stereocenters. The maximum atomic E-state index is 7.58. The number of hydrogen-bond donors (Lipinski definition) is 1. The van der Waals surface area contributed by atoms with Crippen molar-refractivity contribution in [2.45, 2.75) is 6.42 Å². The van der Waals surface area contributed by atoms with E-state index in [1.54, 1.807) is 0 Å². The molecule has 0 radical (unpaired) electrons. The Morgan fingerprint density at radius 3 is 1.83 bits per heavy atom. The molecule has 0 aromatic heterocycles. The van der Waals surface area contributed by atoms with Gasteiger partial charge in [-0.25, -0.2) is 0 Å². The highest BCUT2D eigenvalue weighted by atomic mass is 35.5. The molecule has 0 amide bonds. The van der Waals surface area contributed by atoms with Crippen molar-refractivity contribution >= 4 is 40.6 Å². The SMILES string of the molecule is N=C(CCCl)N(CCCl)CCCl. The van der Waals surface area contributed by atoms with Crippen molar-refractivity contribution in [2.75, 3.05) is 30.7 Å². The summed E-state index contributed by atoms with van der Waals surface area (Å²) in [6.45, 7) is 1.34. The maximum absolute atomic E-state index is 7.58. The van der Waals surface area contributed by atoms with E-state index in [4.69, 9.17) is 40.2 Å². The first-order chi connectivity index (χ1) is 5.76. The molecule has 0 heterocycles. The summed E-state index contributed by atoms with van der Waals surface area (Å²) in [5.74, 6) is 2.02. The summed E-state index contributed by atoms with van der Waals surface area (Å²) in [6.07, 6.45) is 0.579. The number of nitrogens with one attached hydrogen (secondary N) is 1. The first-order valence-corrected chi connectivity index (χ1v) is 5.36. The third-order valence-electron chi connectivity index (χ3n) is 1.42. The van der Waals surface area contributed by atoms with Gasteiger partial charge in [0.1, 0.15) is 0 Å². The van der Waals surface area contributed by atoms with Crippen molar-refractivity contribution in [3.05, 3.63) is 0 Å². The molecule has 0 saturated carbocycles. The van der Waals surface area contributed by atoms with E-state index in [2.05, 4.69) is 0 Å². The van der Waals surface area contributed by atoms with Crippen LogP contribution in [0.5, 0.6) is 0 Å². The molecular formula is C7H13Cl3N2. The number of halogens is 3.